The van der Waals surface area contributed by atoms with E-state index in [2.05, 4.69) is 10.1 Å². The average molecular weight is 386 g/mol. The predicted octanol–water partition coefficient (Wildman–Crippen LogP) is 1.84. The third-order valence-electron chi connectivity index (χ3n) is 4.46. The monoisotopic (exact) mass is 386 g/mol. The summed E-state index contributed by atoms with van der Waals surface area (Å²) in [5.41, 5.74) is 0.266. The molecule has 1 aromatic carbocycles. The molecular formula is C18H21F3N2O4. The van der Waals surface area contributed by atoms with Crippen LogP contribution in [0.1, 0.15) is 30.7 Å². The predicted molar refractivity (Wildman–Crippen MR) is 89.5 cm³/mol. The van der Waals surface area contributed by atoms with Crippen LogP contribution in [0.4, 0.5) is 13.2 Å². The highest BCUT2D eigenvalue weighted by molar-refractivity contribution is 5.92. The Morgan fingerprint density at radius 3 is 2.52 bits per heavy atom. The minimum Gasteiger partial charge on any atom is -0.468 e. The first kappa shape index (κ1) is 20.7. The number of esters is 1. The third kappa shape index (κ3) is 5.45. The highest BCUT2D eigenvalue weighted by atomic mass is 19.3. The minimum absolute atomic E-state index is 0.246. The third-order valence-corrected chi connectivity index (χ3v) is 4.46. The maximum atomic E-state index is 13.1. The number of hydrogen-bond acceptors (Lipinski definition) is 4. The summed E-state index contributed by atoms with van der Waals surface area (Å²) in [6, 6.07) is 3.95. The molecule has 2 amide bonds. The molecule has 0 saturated carbocycles. The highest BCUT2D eigenvalue weighted by Gasteiger charge is 2.38. The molecule has 1 aliphatic rings. The molecule has 1 aliphatic heterocycles. The van der Waals surface area contributed by atoms with Gasteiger partial charge in [-0.05, 0) is 30.5 Å². The summed E-state index contributed by atoms with van der Waals surface area (Å²) < 4.78 is 43.6. The summed E-state index contributed by atoms with van der Waals surface area (Å²) >= 11 is 0. The number of methoxy groups -OCH3 is 1. The first-order chi connectivity index (χ1) is 12.8. The van der Waals surface area contributed by atoms with Gasteiger partial charge in [-0.3, -0.25) is 14.4 Å². The number of rotatable bonds is 7. The van der Waals surface area contributed by atoms with Crippen LogP contribution in [0, 0.1) is 5.82 Å². The van der Waals surface area contributed by atoms with E-state index in [-0.39, 0.29) is 18.7 Å². The normalized spacial score (nSPS) is 17.7. The molecule has 2 rings (SSSR count). The van der Waals surface area contributed by atoms with Crippen LogP contribution in [-0.4, -0.2) is 55.4 Å². The van der Waals surface area contributed by atoms with Crippen LogP contribution in [0.25, 0.3) is 0 Å². The summed E-state index contributed by atoms with van der Waals surface area (Å²) in [5.74, 6) is -3.51. The minimum atomic E-state index is -2.74. The van der Waals surface area contributed by atoms with Crippen molar-refractivity contribution in [1.82, 2.24) is 10.2 Å². The first-order valence-corrected chi connectivity index (χ1v) is 8.52. The van der Waals surface area contributed by atoms with E-state index in [1.54, 1.807) is 0 Å². The molecule has 1 saturated heterocycles. The van der Waals surface area contributed by atoms with Crippen molar-refractivity contribution in [3.05, 3.63) is 35.6 Å². The Bertz CT molecular complexity index is 682. The van der Waals surface area contributed by atoms with Gasteiger partial charge in [0.2, 0.25) is 18.2 Å². The lowest BCUT2D eigenvalue weighted by Crippen LogP contribution is -2.48. The lowest BCUT2D eigenvalue weighted by molar-refractivity contribution is -0.143. The lowest BCUT2D eigenvalue weighted by atomic mass is 9.94. The van der Waals surface area contributed by atoms with Gasteiger partial charge in [0.1, 0.15) is 18.4 Å². The van der Waals surface area contributed by atoms with E-state index >= 15 is 0 Å². The zero-order valence-electron chi connectivity index (χ0n) is 14.8. The van der Waals surface area contributed by atoms with Crippen LogP contribution in [0.5, 0.6) is 0 Å². The van der Waals surface area contributed by atoms with Gasteiger partial charge in [0, 0.05) is 13.0 Å². The lowest BCUT2D eigenvalue weighted by Gasteiger charge is -2.28. The van der Waals surface area contributed by atoms with E-state index in [9.17, 15) is 27.6 Å². The summed E-state index contributed by atoms with van der Waals surface area (Å²) in [7, 11) is 1.18. The molecule has 148 valence electrons. The molecule has 0 bridgehead atoms. The summed E-state index contributed by atoms with van der Waals surface area (Å²) in [5, 5.41) is 2.38. The van der Waals surface area contributed by atoms with Crippen LogP contribution in [-0.2, 0) is 19.1 Å². The standard InChI is InChI=1S/C18H21F3N2O4/c1-27-16(24)10-22-17(25)14-3-2-8-23(14)18(26)13(9-15(20)21)11-4-6-12(19)7-5-11/h4-7,13-15H,2-3,8-10H2,1H3,(H,22,25)/t13?,14-/m0/s1. The fourth-order valence-corrected chi connectivity index (χ4v) is 3.11. The maximum absolute atomic E-state index is 13.1. The number of likely N-dealkylation sites (tertiary alicyclic amines) is 1. The van der Waals surface area contributed by atoms with Gasteiger partial charge in [-0.25, -0.2) is 13.2 Å². The van der Waals surface area contributed by atoms with Gasteiger partial charge in [0.05, 0.1) is 13.0 Å². The summed E-state index contributed by atoms with van der Waals surface area (Å²) in [6.07, 6.45) is -2.56. The van der Waals surface area contributed by atoms with Crippen LogP contribution in [0.3, 0.4) is 0 Å². The second-order valence-electron chi connectivity index (χ2n) is 6.21. The number of nitrogens with zero attached hydrogens (tertiary/aromatic N) is 1. The Labute approximate surface area is 154 Å². The molecule has 1 fully saturated rings. The van der Waals surface area contributed by atoms with E-state index < -0.39 is 48.4 Å². The molecule has 0 aliphatic carbocycles. The van der Waals surface area contributed by atoms with E-state index in [4.69, 9.17) is 0 Å². The molecule has 1 unspecified atom stereocenters. The summed E-state index contributed by atoms with van der Waals surface area (Å²) in [4.78, 5) is 37.6. The van der Waals surface area contributed by atoms with Gasteiger partial charge in [-0.1, -0.05) is 12.1 Å². The molecule has 1 N–H and O–H groups in total. The molecule has 6 nitrogen and oxygen atoms in total. The largest absolute Gasteiger partial charge is 0.468 e. The fourth-order valence-electron chi connectivity index (χ4n) is 3.11. The van der Waals surface area contributed by atoms with Crippen molar-refractivity contribution in [1.29, 1.82) is 0 Å². The van der Waals surface area contributed by atoms with Crippen molar-refractivity contribution in [2.24, 2.45) is 0 Å². The number of carbonyl (C=O) groups excluding carboxylic acids is 3. The molecule has 0 radical (unpaired) electrons. The van der Waals surface area contributed by atoms with Crippen molar-refractivity contribution in [3.63, 3.8) is 0 Å². The molecule has 27 heavy (non-hydrogen) atoms. The second-order valence-corrected chi connectivity index (χ2v) is 6.21. The van der Waals surface area contributed by atoms with Crippen molar-refractivity contribution in [2.75, 3.05) is 20.2 Å². The Morgan fingerprint density at radius 2 is 1.93 bits per heavy atom. The van der Waals surface area contributed by atoms with Gasteiger partial charge in [-0.2, -0.15) is 0 Å². The molecular weight excluding hydrogens is 365 g/mol. The van der Waals surface area contributed by atoms with E-state index in [0.29, 0.717) is 12.8 Å². The zero-order chi connectivity index (χ0) is 20.0. The first-order valence-electron chi connectivity index (χ1n) is 8.52. The number of alkyl halides is 2. The fraction of sp³-hybridized carbons (Fsp3) is 0.500. The van der Waals surface area contributed by atoms with E-state index in [1.807, 2.05) is 0 Å². The molecule has 0 spiro atoms. The molecule has 2 atom stereocenters. The van der Waals surface area contributed by atoms with Gasteiger partial charge in [0.15, 0.2) is 0 Å². The van der Waals surface area contributed by atoms with Crippen LogP contribution in [0.2, 0.25) is 0 Å². The molecule has 1 aromatic rings. The Kier molecular flexibility index (Phi) is 7.20. The Balaban J connectivity index is 2.16. The van der Waals surface area contributed by atoms with Gasteiger partial charge in [0.25, 0.3) is 0 Å². The zero-order valence-corrected chi connectivity index (χ0v) is 14.8. The van der Waals surface area contributed by atoms with Crippen LogP contribution < -0.4 is 5.32 Å². The smallest absolute Gasteiger partial charge is 0.325 e. The molecule has 1 heterocycles. The van der Waals surface area contributed by atoms with Crippen molar-refractivity contribution >= 4 is 17.8 Å². The number of hydrogen-bond donors (Lipinski definition) is 1. The number of ether oxygens (including phenoxy) is 1. The molecule has 9 heteroatoms. The van der Waals surface area contributed by atoms with E-state index in [0.717, 1.165) is 12.1 Å². The second kappa shape index (κ2) is 9.38. The Morgan fingerprint density at radius 1 is 1.26 bits per heavy atom. The average Bonchev–Trinajstić information content (AvgIpc) is 3.13. The highest BCUT2D eigenvalue weighted by Crippen LogP contribution is 2.29. The SMILES string of the molecule is COC(=O)CNC(=O)[C@@H]1CCCN1C(=O)C(CC(F)F)c1ccc(F)cc1. The topological polar surface area (TPSA) is 75.7 Å². The molecule has 0 aromatic heterocycles. The number of nitrogens with one attached hydrogen (secondary N) is 1. The van der Waals surface area contributed by atoms with Crippen molar-refractivity contribution in [3.8, 4) is 0 Å². The van der Waals surface area contributed by atoms with Crippen LogP contribution >= 0.6 is 0 Å². The number of amides is 2. The van der Waals surface area contributed by atoms with Crippen molar-refractivity contribution < 1.29 is 32.3 Å². The van der Waals surface area contributed by atoms with Gasteiger partial charge in [-0.15, -0.1) is 0 Å². The number of halogens is 3. The Hall–Kier alpha value is -2.58. The quantitative estimate of drug-likeness (QED) is 0.726. The maximum Gasteiger partial charge on any atom is 0.325 e. The van der Waals surface area contributed by atoms with Gasteiger partial charge >= 0.3 is 5.97 Å². The van der Waals surface area contributed by atoms with Crippen molar-refractivity contribution in [2.45, 2.75) is 37.6 Å². The van der Waals surface area contributed by atoms with Gasteiger partial charge < -0.3 is 15.0 Å². The van der Waals surface area contributed by atoms with E-state index in [1.165, 1.54) is 24.1 Å². The number of benzene rings is 1. The number of carbonyl (C=O) groups is 3. The van der Waals surface area contributed by atoms with Crippen LogP contribution in [0.15, 0.2) is 24.3 Å². The summed E-state index contributed by atoms with van der Waals surface area (Å²) in [6.45, 7) is -0.0949.